The van der Waals surface area contributed by atoms with Crippen molar-refractivity contribution in [2.24, 2.45) is 0 Å². The number of aliphatic hydroxyl groups excluding tert-OH is 1. The molecule has 0 aliphatic rings. The highest BCUT2D eigenvalue weighted by Gasteiger charge is 2.27. The Morgan fingerprint density at radius 3 is 2.50 bits per heavy atom. The molecule has 0 spiro atoms. The van der Waals surface area contributed by atoms with Gasteiger partial charge in [0.25, 0.3) is 0 Å². The number of halogens is 3. The maximum absolute atomic E-state index is 11.7. The zero-order valence-electron chi connectivity index (χ0n) is 9.78. The van der Waals surface area contributed by atoms with Gasteiger partial charge in [-0.25, -0.2) is 0 Å². The zero-order valence-corrected chi connectivity index (χ0v) is 9.78. The van der Waals surface area contributed by atoms with Crippen molar-refractivity contribution in [2.75, 3.05) is 26.3 Å². The predicted molar refractivity (Wildman–Crippen MR) is 61.1 cm³/mol. The van der Waals surface area contributed by atoms with E-state index in [1.165, 1.54) is 0 Å². The Morgan fingerprint density at radius 1 is 1.22 bits per heavy atom. The standard InChI is InChI=1S/C12H16F3NO2/c13-12(14,15)9-18-7-6-16-8-11(17)10-4-2-1-3-5-10/h1-5,11,16-17H,6-9H2. The number of benzene rings is 1. The van der Waals surface area contributed by atoms with Gasteiger partial charge in [0.2, 0.25) is 0 Å². The average Bonchev–Trinajstić information content (AvgIpc) is 2.33. The summed E-state index contributed by atoms with van der Waals surface area (Å²) in [5, 5.41) is 12.6. The molecule has 6 heteroatoms. The fraction of sp³-hybridized carbons (Fsp3) is 0.500. The molecule has 0 heterocycles. The third kappa shape index (κ3) is 6.58. The van der Waals surface area contributed by atoms with Crippen molar-refractivity contribution in [1.29, 1.82) is 0 Å². The minimum atomic E-state index is -4.29. The highest BCUT2D eigenvalue weighted by atomic mass is 19.4. The number of nitrogens with one attached hydrogen (secondary N) is 1. The van der Waals surface area contributed by atoms with Crippen LogP contribution in [0.5, 0.6) is 0 Å². The van der Waals surface area contributed by atoms with Gasteiger partial charge in [-0.3, -0.25) is 0 Å². The average molecular weight is 263 g/mol. The molecule has 1 atom stereocenters. The Bertz CT molecular complexity index is 330. The molecule has 0 aromatic heterocycles. The Labute approximate surface area is 104 Å². The molecule has 1 aromatic carbocycles. The maximum Gasteiger partial charge on any atom is 0.411 e. The fourth-order valence-corrected chi connectivity index (χ4v) is 1.36. The van der Waals surface area contributed by atoms with Gasteiger partial charge in [-0.2, -0.15) is 13.2 Å². The second-order valence-electron chi connectivity index (χ2n) is 3.80. The van der Waals surface area contributed by atoms with Crippen molar-refractivity contribution in [1.82, 2.24) is 5.32 Å². The Morgan fingerprint density at radius 2 is 1.89 bits per heavy atom. The van der Waals surface area contributed by atoms with E-state index in [0.29, 0.717) is 0 Å². The van der Waals surface area contributed by atoms with Crippen LogP contribution in [0, 0.1) is 0 Å². The van der Waals surface area contributed by atoms with E-state index in [-0.39, 0.29) is 19.7 Å². The molecular formula is C12H16F3NO2. The third-order valence-electron chi connectivity index (χ3n) is 2.21. The lowest BCUT2D eigenvalue weighted by Crippen LogP contribution is -2.27. The van der Waals surface area contributed by atoms with Gasteiger partial charge in [-0.15, -0.1) is 0 Å². The van der Waals surface area contributed by atoms with Crippen molar-refractivity contribution in [3.63, 3.8) is 0 Å². The number of alkyl halides is 3. The van der Waals surface area contributed by atoms with Gasteiger partial charge >= 0.3 is 6.18 Å². The Hall–Kier alpha value is -1.11. The van der Waals surface area contributed by atoms with Crippen LogP contribution in [0.4, 0.5) is 13.2 Å². The molecule has 0 fully saturated rings. The molecule has 0 radical (unpaired) electrons. The molecule has 1 aromatic rings. The van der Waals surface area contributed by atoms with E-state index in [1.807, 2.05) is 18.2 Å². The lowest BCUT2D eigenvalue weighted by Gasteiger charge is -2.12. The second kappa shape index (κ2) is 7.35. The highest BCUT2D eigenvalue weighted by molar-refractivity contribution is 5.17. The summed E-state index contributed by atoms with van der Waals surface area (Å²) < 4.78 is 39.6. The van der Waals surface area contributed by atoms with Gasteiger partial charge in [-0.1, -0.05) is 30.3 Å². The van der Waals surface area contributed by atoms with Crippen LogP contribution in [-0.2, 0) is 4.74 Å². The van der Waals surface area contributed by atoms with Crippen LogP contribution in [0.25, 0.3) is 0 Å². The summed E-state index contributed by atoms with van der Waals surface area (Å²) >= 11 is 0. The molecule has 0 aliphatic carbocycles. The van der Waals surface area contributed by atoms with Gasteiger partial charge in [-0.05, 0) is 5.56 Å². The van der Waals surface area contributed by atoms with Gasteiger partial charge in [0.15, 0.2) is 0 Å². The van der Waals surface area contributed by atoms with E-state index in [9.17, 15) is 18.3 Å². The van der Waals surface area contributed by atoms with E-state index < -0.39 is 18.9 Å². The summed E-state index contributed by atoms with van der Waals surface area (Å²) in [5.41, 5.74) is 0.765. The lowest BCUT2D eigenvalue weighted by molar-refractivity contribution is -0.173. The van der Waals surface area contributed by atoms with Crippen molar-refractivity contribution in [3.8, 4) is 0 Å². The molecule has 2 N–H and O–H groups in total. The van der Waals surface area contributed by atoms with Crippen molar-refractivity contribution < 1.29 is 23.0 Å². The molecule has 0 bridgehead atoms. The molecule has 3 nitrogen and oxygen atoms in total. The molecule has 0 aliphatic heterocycles. The summed E-state index contributed by atoms with van der Waals surface area (Å²) in [4.78, 5) is 0. The number of hydrogen-bond acceptors (Lipinski definition) is 3. The minimum Gasteiger partial charge on any atom is -0.387 e. The first-order valence-corrected chi connectivity index (χ1v) is 5.57. The van der Waals surface area contributed by atoms with Crippen LogP contribution in [0.3, 0.4) is 0 Å². The van der Waals surface area contributed by atoms with Crippen LogP contribution in [0.15, 0.2) is 30.3 Å². The number of ether oxygens (including phenoxy) is 1. The molecule has 1 unspecified atom stereocenters. The molecule has 18 heavy (non-hydrogen) atoms. The number of rotatable bonds is 7. The molecular weight excluding hydrogens is 247 g/mol. The monoisotopic (exact) mass is 263 g/mol. The number of hydrogen-bond donors (Lipinski definition) is 2. The van der Waals surface area contributed by atoms with Crippen LogP contribution < -0.4 is 5.32 Å². The Balaban J connectivity index is 2.08. The summed E-state index contributed by atoms with van der Waals surface area (Å²) in [6.07, 6.45) is -4.96. The fourth-order valence-electron chi connectivity index (χ4n) is 1.36. The van der Waals surface area contributed by atoms with Crippen LogP contribution >= 0.6 is 0 Å². The molecule has 0 saturated heterocycles. The first-order valence-electron chi connectivity index (χ1n) is 5.57. The minimum absolute atomic E-state index is 0.0407. The van der Waals surface area contributed by atoms with Crippen molar-refractivity contribution in [3.05, 3.63) is 35.9 Å². The van der Waals surface area contributed by atoms with E-state index in [0.717, 1.165) is 5.56 Å². The van der Waals surface area contributed by atoms with Crippen LogP contribution in [0.2, 0.25) is 0 Å². The van der Waals surface area contributed by atoms with E-state index in [4.69, 9.17) is 0 Å². The van der Waals surface area contributed by atoms with Crippen molar-refractivity contribution in [2.45, 2.75) is 12.3 Å². The smallest absolute Gasteiger partial charge is 0.387 e. The summed E-state index contributed by atoms with van der Waals surface area (Å²) in [6.45, 7) is -0.740. The number of aliphatic hydroxyl groups is 1. The van der Waals surface area contributed by atoms with Gasteiger partial charge in [0, 0.05) is 13.1 Å². The quantitative estimate of drug-likeness (QED) is 0.738. The second-order valence-corrected chi connectivity index (χ2v) is 3.80. The largest absolute Gasteiger partial charge is 0.411 e. The lowest BCUT2D eigenvalue weighted by atomic mass is 10.1. The summed E-state index contributed by atoms with van der Waals surface area (Å²) in [7, 11) is 0. The molecule has 1 rings (SSSR count). The summed E-state index contributed by atoms with van der Waals surface area (Å²) in [6, 6.07) is 9.03. The maximum atomic E-state index is 11.7. The third-order valence-corrected chi connectivity index (χ3v) is 2.21. The van der Waals surface area contributed by atoms with Crippen LogP contribution in [0.1, 0.15) is 11.7 Å². The van der Waals surface area contributed by atoms with E-state index >= 15 is 0 Å². The van der Waals surface area contributed by atoms with Crippen molar-refractivity contribution >= 4 is 0 Å². The zero-order chi connectivity index (χ0) is 13.4. The van der Waals surface area contributed by atoms with Gasteiger partial charge in [0.05, 0.1) is 12.7 Å². The normalized spacial score (nSPS) is 13.6. The summed E-state index contributed by atoms with van der Waals surface area (Å²) in [5.74, 6) is 0. The Kier molecular flexibility index (Phi) is 6.11. The first-order chi connectivity index (χ1) is 8.49. The molecule has 102 valence electrons. The van der Waals surface area contributed by atoms with Crippen LogP contribution in [-0.4, -0.2) is 37.6 Å². The van der Waals surface area contributed by atoms with Gasteiger partial charge < -0.3 is 15.2 Å². The first kappa shape index (κ1) is 14.9. The van der Waals surface area contributed by atoms with E-state index in [1.54, 1.807) is 12.1 Å². The molecule has 0 saturated carbocycles. The molecule has 0 amide bonds. The topological polar surface area (TPSA) is 41.5 Å². The highest BCUT2D eigenvalue weighted by Crippen LogP contribution is 2.14. The van der Waals surface area contributed by atoms with Gasteiger partial charge in [0.1, 0.15) is 6.61 Å². The SMILES string of the molecule is OC(CNCCOCC(F)(F)F)c1ccccc1. The van der Waals surface area contributed by atoms with E-state index in [2.05, 4.69) is 10.1 Å². The predicted octanol–water partition coefficient (Wildman–Crippen LogP) is 1.89.